The van der Waals surface area contributed by atoms with Gasteiger partial charge in [-0.25, -0.2) is 0 Å². The van der Waals surface area contributed by atoms with Crippen molar-refractivity contribution in [2.24, 2.45) is 0 Å². The fourth-order valence-corrected chi connectivity index (χ4v) is 9.67. The maximum atomic E-state index is 13.0. The van der Waals surface area contributed by atoms with Crippen LogP contribution in [0.25, 0.3) is 0 Å². The van der Waals surface area contributed by atoms with Crippen molar-refractivity contribution in [3.63, 3.8) is 0 Å². The average molecular weight is 1120 g/mol. The van der Waals surface area contributed by atoms with Crippen molar-refractivity contribution in [1.82, 2.24) is 5.32 Å². The summed E-state index contributed by atoms with van der Waals surface area (Å²) >= 11 is 0. The second-order valence-corrected chi connectivity index (χ2v) is 24.2. The lowest BCUT2D eigenvalue weighted by Crippen LogP contribution is -2.46. The quantitative estimate of drug-likeness (QED) is 0.0272. The molecule has 0 aromatic heterocycles. The summed E-state index contributed by atoms with van der Waals surface area (Å²) in [6, 6.07) is -0.825. The van der Waals surface area contributed by atoms with Crippen molar-refractivity contribution in [3.8, 4) is 0 Å². The van der Waals surface area contributed by atoms with E-state index in [9.17, 15) is 19.4 Å². The van der Waals surface area contributed by atoms with E-state index in [0.717, 1.165) is 116 Å². The summed E-state index contributed by atoms with van der Waals surface area (Å²) in [4.78, 5) is 25.6. The molecule has 0 aliphatic rings. The molecule has 0 aliphatic carbocycles. The summed E-state index contributed by atoms with van der Waals surface area (Å²) in [6.45, 7) is 4.60. The molecule has 3 atom stereocenters. The largest absolute Gasteiger partial charge is 0.756 e. The van der Waals surface area contributed by atoms with E-state index < -0.39 is 20.0 Å². The Balaban J connectivity index is 4.22. The first-order valence-electron chi connectivity index (χ1n) is 32.4. The van der Waals surface area contributed by atoms with Gasteiger partial charge in [0.2, 0.25) is 5.91 Å². The number of rotatable bonds is 58. The van der Waals surface area contributed by atoms with E-state index in [0.29, 0.717) is 23.9 Å². The number of amides is 1. The van der Waals surface area contributed by atoms with Crippen LogP contribution < -0.4 is 10.2 Å². The van der Waals surface area contributed by atoms with Gasteiger partial charge in [0.05, 0.1) is 39.9 Å². The van der Waals surface area contributed by atoms with Crippen LogP contribution in [0.5, 0.6) is 0 Å². The number of carbonyl (C=O) groups is 1. The van der Waals surface area contributed by atoms with Crippen molar-refractivity contribution in [3.05, 3.63) is 122 Å². The molecule has 0 bridgehead atoms. The molecule has 0 fully saturated rings. The van der Waals surface area contributed by atoms with Gasteiger partial charge in [-0.15, -0.1) is 0 Å². The molecule has 454 valence electrons. The predicted molar refractivity (Wildman–Crippen MR) is 343 cm³/mol. The van der Waals surface area contributed by atoms with Gasteiger partial charge in [-0.3, -0.25) is 9.36 Å². The normalized spacial score (nSPS) is 14.6. The van der Waals surface area contributed by atoms with E-state index in [1.54, 1.807) is 0 Å². The fourth-order valence-electron chi connectivity index (χ4n) is 8.95. The Morgan fingerprint density at radius 1 is 0.456 bits per heavy atom. The van der Waals surface area contributed by atoms with Crippen molar-refractivity contribution in [2.45, 2.75) is 276 Å². The molecule has 1 amide bonds. The molecule has 79 heavy (non-hydrogen) atoms. The van der Waals surface area contributed by atoms with E-state index in [-0.39, 0.29) is 19.1 Å². The molecule has 0 saturated carbocycles. The van der Waals surface area contributed by atoms with Gasteiger partial charge in [-0.2, -0.15) is 0 Å². The van der Waals surface area contributed by atoms with Crippen LogP contribution in [0.3, 0.4) is 0 Å². The predicted octanol–water partition coefficient (Wildman–Crippen LogP) is 19.9. The Morgan fingerprint density at radius 2 is 0.772 bits per heavy atom. The first kappa shape index (κ1) is 75.9. The first-order valence-corrected chi connectivity index (χ1v) is 33.8. The summed E-state index contributed by atoms with van der Waals surface area (Å²) in [7, 11) is 1.27. The molecule has 2 N–H and O–H groups in total. The second kappa shape index (κ2) is 59.5. The summed E-state index contributed by atoms with van der Waals surface area (Å²) in [5.41, 5.74) is 0. The molecule has 0 aliphatic heterocycles. The minimum absolute atomic E-state index is 0.000772. The Morgan fingerprint density at radius 3 is 1.13 bits per heavy atom. The van der Waals surface area contributed by atoms with E-state index in [1.807, 2.05) is 21.1 Å². The summed E-state index contributed by atoms with van der Waals surface area (Å²) < 4.78 is 23.5. The maximum Gasteiger partial charge on any atom is 0.268 e. The van der Waals surface area contributed by atoms with Gasteiger partial charge < -0.3 is 28.8 Å². The highest BCUT2D eigenvalue weighted by molar-refractivity contribution is 7.45. The SMILES string of the molecule is CC/C=C\C/C=C\C/C=C\C/C=C\C/C=C\C/C=C\C/C=C\C/C=C\C/C=C\C/C=C\CCCCCCC(=O)NC(COP(=O)([O-])OCC[N+](C)(C)C)C(O)CCCCCCCCCCCCCCCCCCCCCCCC. The minimum Gasteiger partial charge on any atom is -0.756 e. The second-order valence-electron chi connectivity index (χ2n) is 22.7. The summed E-state index contributed by atoms with van der Waals surface area (Å²) in [6.07, 6.45) is 88.2. The topological polar surface area (TPSA) is 108 Å². The number of quaternary nitrogens is 1. The Hall–Kier alpha value is -3.10. The number of aliphatic hydroxyl groups excluding tert-OH is 1. The van der Waals surface area contributed by atoms with Crippen LogP contribution in [-0.4, -0.2) is 68.5 Å². The number of hydrogen-bond acceptors (Lipinski definition) is 6. The van der Waals surface area contributed by atoms with Crippen LogP contribution in [0.2, 0.25) is 0 Å². The number of nitrogens with one attached hydrogen (secondary N) is 1. The lowest BCUT2D eigenvalue weighted by atomic mass is 10.0. The van der Waals surface area contributed by atoms with E-state index >= 15 is 0 Å². The molecule has 0 aromatic rings. The number of carbonyl (C=O) groups excluding carboxylic acids is 1. The number of unbranched alkanes of at least 4 members (excludes halogenated alkanes) is 25. The van der Waals surface area contributed by atoms with E-state index in [1.165, 1.54) is 122 Å². The summed E-state index contributed by atoms with van der Waals surface area (Å²) in [5.74, 6) is -0.191. The number of nitrogens with zero attached hydrogens (tertiary/aromatic N) is 1. The molecule has 0 spiro atoms. The third-order valence-electron chi connectivity index (χ3n) is 14.0. The van der Waals surface area contributed by atoms with Crippen molar-refractivity contribution in [1.29, 1.82) is 0 Å². The number of likely N-dealkylation sites (N-methyl/N-ethyl adjacent to an activating group) is 1. The molecule has 0 radical (unpaired) electrons. The van der Waals surface area contributed by atoms with Gasteiger partial charge in [-0.1, -0.05) is 289 Å². The van der Waals surface area contributed by atoms with Crippen LogP contribution >= 0.6 is 7.82 Å². The zero-order valence-electron chi connectivity index (χ0n) is 51.8. The number of allylic oxidation sites excluding steroid dienone is 20. The molecule has 3 unspecified atom stereocenters. The Kier molecular flexibility index (Phi) is 57.2. The number of aliphatic hydroxyl groups is 1. The summed E-state index contributed by atoms with van der Waals surface area (Å²) in [5, 5.41) is 14.0. The molecule has 0 rings (SSSR count). The van der Waals surface area contributed by atoms with Crippen LogP contribution in [0.4, 0.5) is 0 Å². The van der Waals surface area contributed by atoms with E-state index in [4.69, 9.17) is 9.05 Å². The van der Waals surface area contributed by atoms with Gasteiger partial charge >= 0.3 is 0 Å². The maximum absolute atomic E-state index is 13.0. The highest BCUT2D eigenvalue weighted by Gasteiger charge is 2.24. The van der Waals surface area contributed by atoms with Gasteiger partial charge in [-0.05, 0) is 89.9 Å². The van der Waals surface area contributed by atoms with Crippen LogP contribution in [0.15, 0.2) is 122 Å². The zero-order valence-corrected chi connectivity index (χ0v) is 52.7. The highest BCUT2D eigenvalue weighted by Crippen LogP contribution is 2.38. The van der Waals surface area contributed by atoms with Crippen LogP contribution in [0, 0.1) is 0 Å². The molecule has 0 saturated heterocycles. The molecular weight excluding hydrogens is 996 g/mol. The Labute approximate surface area is 488 Å². The first-order chi connectivity index (χ1) is 38.5. The van der Waals surface area contributed by atoms with Crippen molar-refractivity contribution >= 4 is 13.7 Å². The third kappa shape index (κ3) is 62.4. The lowest BCUT2D eigenvalue weighted by molar-refractivity contribution is -0.870. The monoisotopic (exact) mass is 1120 g/mol. The van der Waals surface area contributed by atoms with E-state index in [2.05, 4.69) is 141 Å². The average Bonchev–Trinajstić information content (AvgIpc) is 3.42. The number of phosphoric ester groups is 1. The number of phosphoric acid groups is 1. The highest BCUT2D eigenvalue weighted by atomic mass is 31.2. The minimum atomic E-state index is -4.59. The smallest absolute Gasteiger partial charge is 0.268 e. The van der Waals surface area contributed by atoms with Crippen LogP contribution in [-0.2, 0) is 18.4 Å². The van der Waals surface area contributed by atoms with Gasteiger partial charge in [0.15, 0.2) is 0 Å². The van der Waals surface area contributed by atoms with Crippen molar-refractivity contribution < 1.29 is 32.9 Å². The molecule has 8 nitrogen and oxygen atoms in total. The van der Waals surface area contributed by atoms with Gasteiger partial charge in [0.1, 0.15) is 13.2 Å². The molecule has 0 aromatic carbocycles. The van der Waals surface area contributed by atoms with Crippen molar-refractivity contribution in [2.75, 3.05) is 40.9 Å². The number of hydrogen-bond donors (Lipinski definition) is 2. The zero-order chi connectivity index (χ0) is 57.7. The standard InChI is InChI=1S/C70H123N2O6P/c1-6-8-10-12-14-16-18-20-22-24-26-28-30-31-32-33-34-35-36-37-38-39-40-41-42-44-46-48-50-52-54-56-58-60-62-64-70(74)71-68(67-78-79(75,76)77-66-65-72(3,4)5)69(73)63-61-59-57-55-53-51-49-47-45-43-29-27-25-23-21-19-17-15-13-11-9-7-2/h8,10,14,16,20,22,26,28,31-32,34-35,37-38,40-41,44,46,50,52,68-69,73H,6-7,9,11-13,15,17-19,21,23-25,27,29-30,33,36,39,42-43,45,47-49,51,53-67H2,1-5H3,(H-,71,74,75,76)/b10-8-,16-14-,22-20-,28-26-,32-31-,35-34-,38-37-,41-40-,46-44-,52-50-. The Bertz CT molecular complexity index is 1700. The van der Waals surface area contributed by atoms with Gasteiger partial charge in [0, 0.05) is 6.42 Å². The van der Waals surface area contributed by atoms with Crippen LogP contribution in [0.1, 0.15) is 264 Å². The molecular formula is C70H123N2O6P. The lowest BCUT2D eigenvalue weighted by Gasteiger charge is -2.30. The molecule has 0 heterocycles. The fraction of sp³-hybridized carbons (Fsp3) is 0.700. The molecule has 9 heteroatoms. The third-order valence-corrected chi connectivity index (χ3v) is 14.9. The van der Waals surface area contributed by atoms with Gasteiger partial charge in [0.25, 0.3) is 7.82 Å².